The molecule has 0 saturated carbocycles. The van der Waals surface area contributed by atoms with Crippen molar-refractivity contribution < 1.29 is 14.3 Å². The smallest absolute Gasteiger partial charge is 0.410 e. The summed E-state index contributed by atoms with van der Waals surface area (Å²) in [6.45, 7) is 9.07. The molecule has 2 heterocycles. The van der Waals surface area contributed by atoms with Crippen LogP contribution in [0.4, 0.5) is 4.79 Å². The lowest BCUT2D eigenvalue weighted by molar-refractivity contribution is 0.0224. The summed E-state index contributed by atoms with van der Waals surface area (Å²) >= 11 is 0. The molecule has 0 radical (unpaired) electrons. The molecule has 2 aliphatic rings. The van der Waals surface area contributed by atoms with Gasteiger partial charge in [-0.25, -0.2) is 4.79 Å². The van der Waals surface area contributed by atoms with E-state index in [0.717, 1.165) is 31.7 Å². The molecule has 1 atom stereocenters. The molecule has 1 aromatic carbocycles. The van der Waals surface area contributed by atoms with Crippen LogP contribution in [0.5, 0.6) is 5.75 Å². The Morgan fingerprint density at radius 1 is 1.21 bits per heavy atom. The van der Waals surface area contributed by atoms with E-state index in [9.17, 15) is 4.79 Å². The van der Waals surface area contributed by atoms with Crippen LogP contribution in [0.2, 0.25) is 0 Å². The van der Waals surface area contributed by atoms with Gasteiger partial charge in [-0.2, -0.15) is 0 Å². The van der Waals surface area contributed by atoms with Gasteiger partial charge < -0.3 is 19.3 Å². The zero-order valence-electron chi connectivity index (χ0n) is 15.2. The van der Waals surface area contributed by atoms with E-state index in [0.29, 0.717) is 13.1 Å². The largest absolute Gasteiger partial charge is 0.489 e. The van der Waals surface area contributed by atoms with Gasteiger partial charge in [0.25, 0.3) is 0 Å². The van der Waals surface area contributed by atoms with Crippen molar-refractivity contribution in [2.45, 2.75) is 51.9 Å². The molecule has 0 unspecified atom stereocenters. The first-order valence-corrected chi connectivity index (χ1v) is 8.75. The monoisotopic (exact) mass is 332 g/mol. The summed E-state index contributed by atoms with van der Waals surface area (Å²) in [7, 11) is 2.13. The summed E-state index contributed by atoms with van der Waals surface area (Å²) in [5.74, 6) is 0.944. The number of amides is 1. The van der Waals surface area contributed by atoms with Crippen LogP contribution < -0.4 is 4.74 Å². The second-order valence-corrected chi connectivity index (χ2v) is 7.87. The number of rotatable bonds is 2. The Kier molecular flexibility index (Phi) is 4.72. The molecular weight excluding hydrogens is 304 g/mol. The highest BCUT2D eigenvalue weighted by atomic mass is 16.6. The van der Waals surface area contributed by atoms with E-state index in [4.69, 9.17) is 9.47 Å². The van der Waals surface area contributed by atoms with Crippen molar-refractivity contribution in [2.75, 3.05) is 26.7 Å². The van der Waals surface area contributed by atoms with Crippen LogP contribution in [0.3, 0.4) is 0 Å². The summed E-state index contributed by atoms with van der Waals surface area (Å²) in [5.41, 5.74) is 2.01. The summed E-state index contributed by atoms with van der Waals surface area (Å²) in [4.78, 5) is 16.3. The molecule has 0 spiro atoms. The molecule has 0 bridgehead atoms. The Labute approximate surface area is 144 Å². The maximum Gasteiger partial charge on any atom is 0.410 e. The fourth-order valence-electron chi connectivity index (χ4n) is 3.27. The van der Waals surface area contributed by atoms with Crippen molar-refractivity contribution in [3.05, 3.63) is 29.3 Å². The molecule has 1 fully saturated rings. The quantitative estimate of drug-likeness (QED) is 0.835. The number of carbonyl (C=O) groups is 1. The molecular formula is C19H28N2O3. The van der Waals surface area contributed by atoms with Crippen molar-refractivity contribution >= 4 is 6.09 Å². The number of carbonyl (C=O) groups excluding carboxylic acids is 1. The highest BCUT2D eigenvalue weighted by Gasteiger charge is 2.26. The SMILES string of the molecule is CN1CC[C@@H](Oc2ccc3c(c2)CCN(C(=O)OC(C)(C)C)C3)C1. The number of nitrogens with zero attached hydrogens (tertiary/aromatic N) is 2. The average Bonchev–Trinajstić information content (AvgIpc) is 2.90. The molecule has 5 heteroatoms. The fraction of sp³-hybridized carbons (Fsp3) is 0.632. The van der Waals surface area contributed by atoms with Crippen molar-refractivity contribution in [1.29, 1.82) is 0 Å². The van der Waals surface area contributed by atoms with Crippen LogP contribution in [0, 0.1) is 0 Å². The Morgan fingerprint density at radius 3 is 2.67 bits per heavy atom. The van der Waals surface area contributed by atoms with Crippen LogP contribution in [0.15, 0.2) is 18.2 Å². The maximum atomic E-state index is 12.2. The summed E-state index contributed by atoms with van der Waals surface area (Å²) in [5, 5.41) is 0. The molecule has 24 heavy (non-hydrogen) atoms. The number of benzene rings is 1. The third kappa shape index (κ3) is 4.20. The van der Waals surface area contributed by atoms with Crippen molar-refractivity contribution in [2.24, 2.45) is 0 Å². The van der Waals surface area contributed by atoms with Gasteiger partial charge in [-0.1, -0.05) is 6.07 Å². The molecule has 5 nitrogen and oxygen atoms in total. The van der Waals surface area contributed by atoms with Crippen LogP contribution in [-0.2, 0) is 17.7 Å². The molecule has 0 aromatic heterocycles. The number of hydrogen-bond donors (Lipinski definition) is 0. The van der Waals surface area contributed by atoms with E-state index >= 15 is 0 Å². The number of hydrogen-bond acceptors (Lipinski definition) is 4. The van der Waals surface area contributed by atoms with E-state index in [2.05, 4.69) is 24.1 Å². The van der Waals surface area contributed by atoms with Gasteiger partial charge in [0.15, 0.2) is 0 Å². The second-order valence-electron chi connectivity index (χ2n) is 7.87. The summed E-state index contributed by atoms with van der Waals surface area (Å²) in [6, 6.07) is 6.25. The predicted molar refractivity (Wildman–Crippen MR) is 93.3 cm³/mol. The lowest BCUT2D eigenvalue weighted by atomic mass is 10.00. The molecule has 1 aromatic rings. The first kappa shape index (κ1) is 17.1. The highest BCUT2D eigenvalue weighted by molar-refractivity contribution is 5.68. The van der Waals surface area contributed by atoms with Gasteiger partial charge in [-0.3, -0.25) is 0 Å². The first-order valence-electron chi connectivity index (χ1n) is 8.75. The zero-order valence-corrected chi connectivity index (χ0v) is 15.2. The fourth-order valence-corrected chi connectivity index (χ4v) is 3.27. The second kappa shape index (κ2) is 6.63. The van der Waals surface area contributed by atoms with E-state index in [1.54, 1.807) is 4.90 Å². The normalized spacial score (nSPS) is 21.5. The van der Waals surface area contributed by atoms with Gasteiger partial charge in [0, 0.05) is 26.2 Å². The number of likely N-dealkylation sites (N-methyl/N-ethyl adjacent to an activating group) is 1. The van der Waals surface area contributed by atoms with E-state index in [1.807, 2.05) is 26.8 Å². The molecule has 0 N–H and O–H groups in total. The lowest BCUT2D eigenvalue weighted by Crippen LogP contribution is -2.39. The van der Waals surface area contributed by atoms with Crippen LogP contribution in [0.1, 0.15) is 38.3 Å². The van der Waals surface area contributed by atoms with Gasteiger partial charge >= 0.3 is 6.09 Å². The van der Waals surface area contributed by atoms with E-state index in [1.165, 1.54) is 11.1 Å². The van der Waals surface area contributed by atoms with Gasteiger partial charge in [0.2, 0.25) is 0 Å². The van der Waals surface area contributed by atoms with Crippen LogP contribution in [-0.4, -0.2) is 54.3 Å². The number of ether oxygens (including phenoxy) is 2. The van der Waals surface area contributed by atoms with E-state index < -0.39 is 5.60 Å². The molecule has 132 valence electrons. The van der Waals surface area contributed by atoms with Gasteiger partial charge in [0.05, 0.1) is 0 Å². The molecule has 3 rings (SSSR count). The maximum absolute atomic E-state index is 12.2. The molecule has 1 saturated heterocycles. The van der Waals surface area contributed by atoms with Gasteiger partial charge in [-0.15, -0.1) is 0 Å². The standard InChI is InChI=1S/C19H28N2O3/c1-19(2,3)24-18(22)21-10-7-14-11-16(6-5-15(14)12-21)23-17-8-9-20(4)13-17/h5-6,11,17H,7-10,12-13H2,1-4H3/t17-/m1/s1. The minimum absolute atomic E-state index is 0.234. The van der Waals surface area contributed by atoms with Crippen LogP contribution in [0.25, 0.3) is 0 Å². The van der Waals surface area contributed by atoms with Gasteiger partial charge in [-0.05, 0) is 63.9 Å². The Hall–Kier alpha value is -1.75. The average molecular weight is 332 g/mol. The first-order chi connectivity index (χ1) is 11.3. The van der Waals surface area contributed by atoms with Crippen LogP contribution >= 0.6 is 0 Å². The van der Waals surface area contributed by atoms with Crippen molar-refractivity contribution in [3.63, 3.8) is 0 Å². The lowest BCUT2D eigenvalue weighted by Gasteiger charge is -2.31. The summed E-state index contributed by atoms with van der Waals surface area (Å²) in [6.07, 6.45) is 1.98. The molecule has 0 aliphatic carbocycles. The Morgan fingerprint density at radius 2 is 2.00 bits per heavy atom. The number of likely N-dealkylation sites (tertiary alicyclic amines) is 1. The predicted octanol–water partition coefficient (Wildman–Crippen LogP) is 3.06. The van der Waals surface area contributed by atoms with Gasteiger partial charge in [0.1, 0.15) is 17.5 Å². The highest BCUT2D eigenvalue weighted by Crippen LogP contribution is 2.26. The third-order valence-electron chi connectivity index (χ3n) is 4.49. The molecule has 1 amide bonds. The Bertz CT molecular complexity index is 609. The minimum atomic E-state index is -0.455. The third-order valence-corrected chi connectivity index (χ3v) is 4.49. The van der Waals surface area contributed by atoms with Crippen molar-refractivity contribution in [1.82, 2.24) is 9.80 Å². The van der Waals surface area contributed by atoms with Crippen molar-refractivity contribution in [3.8, 4) is 5.75 Å². The Balaban J connectivity index is 1.63. The zero-order chi connectivity index (χ0) is 17.3. The number of fused-ring (bicyclic) bond motifs is 1. The van der Waals surface area contributed by atoms with E-state index in [-0.39, 0.29) is 12.2 Å². The molecule has 2 aliphatic heterocycles. The minimum Gasteiger partial charge on any atom is -0.489 e. The summed E-state index contributed by atoms with van der Waals surface area (Å²) < 4.78 is 11.6. The topological polar surface area (TPSA) is 42.0 Å².